The summed E-state index contributed by atoms with van der Waals surface area (Å²) in [7, 11) is 0. The van der Waals surface area contributed by atoms with Crippen molar-refractivity contribution in [2.75, 3.05) is 5.73 Å². The van der Waals surface area contributed by atoms with Gasteiger partial charge in [0.15, 0.2) is 0 Å². The lowest BCUT2D eigenvalue weighted by atomic mass is 10.0. The number of hydrogen-bond donors (Lipinski definition) is 1. The number of nitrogens with two attached hydrogens (primary N) is 1. The molecule has 1 aromatic carbocycles. The van der Waals surface area contributed by atoms with E-state index in [1.165, 1.54) is 5.56 Å². The number of anilines is 1. The Morgan fingerprint density at radius 1 is 1.31 bits per heavy atom. The molecule has 0 fully saturated rings. The Hall–Kier alpha value is -1.77. The predicted molar refractivity (Wildman–Crippen MR) is 67.2 cm³/mol. The van der Waals surface area contributed by atoms with Crippen molar-refractivity contribution in [3.05, 3.63) is 36.2 Å². The van der Waals surface area contributed by atoms with Gasteiger partial charge in [0.1, 0.15) is 0 Å². The van der Waals surface area contributed by atoms with Crippen molar-refractivity contribution in [2.45, 2.75) is 26.8 Å². The molecule has 3 nitrogen and oxygen atoms in total. The van der Waals surface area contributed by atoms with Crippen molar-refractivity contribution in [3.63, 3.8) is 0 Å². The molecule has 0 aliphatic carbocycles. The van der Waals surface area contributed by atoms with Crippen LogP contribution in [0.5, 0.6) is 0 Å². The third-order valence-electron chi connectivity index (χ3n) is 2.70. The van der Waals surface area contributed by atoms with Gasteiger partial charge in [-0.2, -0.15) is 5.10 Å². The maximum atomic E-state index is 5.80. The molecule has 0 saturated carbocycles. The highest BCUT2D eigenvalue weighted by Crippen LogP contribution is 2.25. The van der Waals surface area contributed by atoms with Crippen LogP contribution in [0.1, 0.15) is 25.5 Å². The highest BCUT2D eigenvalue weighted by Gasteiger charge is 2.06. The highest BCUT2D eigenvalue weighted by atomic mass is 15.3. The van der Waals surface area contributed by atoms with E-state index in [1.807, 2.05) is 29.1 Å². The van der Waals surface area contributed by atoms with E-state index in [9.17, 15) is 0 Å². The Labute approximate surface area is 95.9 Å². The van der Waals surface area contributed by atoms with Crippen LogP contribution in [0.15, 0.2) is 30.6 Å². The van der Waals surface area contributed by atoms with Crippen molar-refractivity contribution in [2.24, 2.45) is 0 Å². The van der Waals surface area contributed by atoms with E-state index in [-0.39, 0.29) is 0 Å². The van der Waals surface area contributed by atoms with Crippen LogP contribution in [0.25, 0.3) is 11.1 Å². The molecule has 2 N–H and O–H groups in total. The molecule has 1 aromatic heterocycles. The normalized spacial score (nSPS) is 11.0. The van der Waals surface area contributed by atoms with Crippen LogP contribution in [-0.2, 0) is 0 Å². The number of nitrogens with zero attached hydrogens (tertiary/aromatic N) is 2. The van der Waals surface area contributed by atoms with Gasteiger partial charge in [-0.25, -0.2) is 0 Å². The second kappa shape index (κ2) is 4.00. The van der Waals surface area contributed by atoms with Crippen molar-refractivity contribution in [3.8, 4) is 11.1 Å². The Kier molecular flexibility index (Phi) is 2.69. The zero-order chi connectivity index (χ0) is 11.7. The van der Waals surface area contributed by atoms with E-state index in [2.05, 4.69) is 32.1 Å². The standard InChI is InChI=1S/C13H17N3/c1-9(2)16-8-11(7-15-16)13-6-12(14)5-4-10(13)3/h4-9H,14H2,1-3H3. The maximum absolute atomic E-state index is 5.80. The lowest BCUT2D eigenvalue weighted by Gasteiger charge is -2.05. The molecule has 2 aromatic rings. The summed E-state index contributed by atoms with van der Waals surface area (Å²) < 4.78 is 1.96. The lowest BCUT2D eigenvalue weighted by Crippen LogP contribution is -1.99. The van der Waals surface area contributed by atoms with Gasteiger partial charge in [0.05, 0.1) is 6.20 Å². The van der Waals surface area contributed by atoms with E-state index in [1.54, 1.807) is 0 Å². The largest absolute Gasteiger partial charge is 0.399 e. The Morgan fingerprint density at radius 2 is 2.06 bits per heavy atom. The third-order valence-corrected chi connectivity index (χ3v) is 2.70. The molecule has 2 rings (SSSR count). The first-order valence-electron chi connectivity index (χ1n) is 5.48. The van der Waals surface area contributed by atoms with E-state index in [0.717, 1.165) is 16.8 Å². The zero-order valence-electron chi connectivity index (χ0n) is 9.94. The Bertz CT molecular complexity index is 498. The third kappa shape index (κ3) is 1.94. The Balaban J connectivity index is 2.46. The fraction of sp³-hybridized carbons (Fsp3) is 0.308. The second-order valence-corrected chi connectivity index (χ2v) is 4.38. The summed E-state index contributed by atoms with van der Waals surface area (Å²) in [5.74, 6) is 0. The van der Waals surface area contributed by atoms with E-state index < -0.39 is 0 Å². The first-order valence-corrected chi connectivity index (χ1v) is 5.48. The molecule has 16 heavy (non-hydrogen) atoms. The number of hydrogen-bond acceptors (Lipinski definition) is 2. The van der Waals surface area contributed by atoms with Crippen LogP contribution in [0.2, 0.25) is 0 Å². The first kappa shape index (κ1) is 10.7. The molecule has 1 heterocycles. The average Bonchev–Trinajstić information content (AvgIpc) is 2.70. The van der Waals surface area contributed by atoms with Gasteiger partial charge in [-0.3, -0.25) is 4.68 Å². The van der Waals surface area contributed by atoms with Gasteiger partial charge in [0.2, 0.25) is 0 Å². The van der Waals surface area contributed by atoms with E-state index >= 15 is 0 Å². The molecule has 0 bridgehead atoms. The monoisotopic (exact) mass is 215 g/mol. The van der Waals surface area contributed by atoms with Crippen LogP contribution in [0.3, 0.4) is 0 Å². The number of aryl methyl sites for hydroxylation is 1. The van der Waals surface area contributed by atoms with Crippen molar-refractivity contribution in [1.82, 2.24) is 9.78 Å². The summed E-state index contributed by atoms with van der Waals surface area (Å²) in [6, 6.07) is 6.34. The number of nitrogen functional groups attached to an aromatic ring is 1. The molecule has 0 aliphatic rings. The van der Waals surface area contributed by atoms with Gasteiger partial charge in [0, 0.05) is 23.5 Å². The van der Waals surface area contributed by atoms with Gasteiger partial charge < -0.3 is 5.73 Å². The molecule has 84 valence electrons. The molecule has 0 amide bonds. The summed E-state index contributed by atoms with van der Waals surface area (Å²) in [4.78, 5) is 0. The zero-order valence-corrected chi connectivity index (χ0v) is 9.94. The molecule has 0 atom stereocenters. The van der Waals surface area contributed by atoms with Crippen molar-refractivity contribution in [1.29, 1.82) is 0 Å². The molecule has 0 aliphatic heterocycles. The second-order valence-electron chi connectivity index (χ2n) is 4.38. The summed E-state index contributed by atoms with van der Waals surface area (Å²) in [6.07, 6.45) is 3.95. The minimum absolute atomic E-state index is 0.384. The molecule has 0 spiro atoms. The summed E-state index contributed by atoms with van der Waals surface area (Å²) in [6.45, 7) is 6.31. The smallest absolute Gasteiger partial charge is 0.0568 e. The first-order chi connectivity index (χ1) is 7.58. The summed E-state index contributed by atoms with van der Waals surface area (Å²) in [5, 5.41) is 4.34. The SMILES string of the molecule is Cc1ccc(N)cc1-c1cnn(C(C)C)c1. The lowest BCUT2D eigenvalue weighted by molar-refractivity contribution is 0.532. The van der Waals surface area contributed by atoms with Gasteiger partial charge >= 0.3 is 0 Å². The molecule has 3 heteroatoms. The quantitative estimate of drug-likeness (QED) is 0.782. The van der Waals surface area contributed by atoms with Gasteiger partial charge in [-0.05, 0) is 44.0 Å². The molecular weight excluding hydrogens is 198 g/mol. The number of aromatic nitrogens is 2. The van der Waals surface area contributed by atoms with Crippen LogP contribution in [-0.4, -0.2) is 9.78 Å². The maximum Gasteiger partial charge on any atom is 0.0568 e. The van der Waals surface area contributed by atoms with Crippen LogP contribution < -0.4 is 5.73 Å². The summed E-state index contributed by atoms with van der Waals surface area (Å²) in [5.41, 5.74) is 10.1. The molecule has 0 saturated heterocycles. The van der Waals surface area contributed by atoms with Gasteiger partial charge in [-0.15, -0.1) is 0 Å². The Morgan fingerprint density at radius 3 is 2.69 bits per heavy atom. The fourth-order valence-electron chi connectivity index (χ4n) is 1.71. The van der Waals surface area contributed by atoms with Crippen LogP contribution in [0.4, 0.5) is 5.69 Å². The van der Waals surface area contributed by atoms with E-state index in [0.29, 0.717) is 6.04 Å². The van der Waals surface area contributed by atoms with Gasteiger partial charge in [-0.1, -0.05) is 6.07 Å². The summed E-state index contributed by atoms with van der Waals surface area (Å²) >= 11 is 0. The predicted octanol–water partition coefficient (Wildman–Crippen LogP) is 3.02. The van der Waals surface area contributed by atoms with Crippen LogP contribution >= 0.6 is 0 Å². The number of benzene rings is 1. The number of rotatable bonds is 2. The van der Waals surface area contributed by atoms with E-state index in [4.69, 9.17) is 5.73 Å². The topological polar surface area (TPSA) is 43.8 Å². The minimum atomic E-state index is 0.384. The highest BCUT2D eigenvalue weighted by molar-refractivity contribution is 5.69. The molecule has 0 unspecified atom stereocenters. The van der Waals surface area contributed by atoms with Crippen molar-refractivity contribution < 1.29 is 0 Å². The van der Waals surface area contributed by atoms with Gasteiger partial charge in [0.25, 0.3) is 0 Å². The van der Waals surface area contributed by atoms with Crippen molar-refractivity contribution >= 4 is 5.69 Å². The van der Waals surface area contributed by atoms with Crippen LogP contribution in [0, 0.1) is 6.92 Å². The molecule has 0 radical (unpaired) electrons. The minimum Gasteiger partial charge on any atom is -0.399 e. The fourth-order valence-corrected chi connectivity index (χ4v) is 1.71. The molecular formula is C13H17N3. The average molecular weight is 215 g/mol.